The van der Waals surface area contributed by atoms with Crippen molar-refractivity contribution in [3.05, 3.63) is 62.6 Å². The summed E-state index contributed by atoms with van der Waals surface area (Å²) in [6.07, 6.45) is 0. The second-order valence-electron chi connectivity index (χ2n) is 5.86. The van der Waals surface area contributed by atoms with E-state index in [-0.39, 0.29) is 21.8 Å². The summed E-state index contributed by atoms with van der Waals surface area (Å²) in [6, 6.07) is 8.87. The maximum Gasteiger partial charge on any atom is 0.338 e. The fourth-order valence-corrected chi connectivity index (χ4v) is 3.46. The lowest BCUT2D eigenvalue weighted by Crippen LogP contribution is -2.22. The molecular formula is C17H16BrN3O7S. The molecule has 0 saturated heterocycles. The SMILES string of the molecule is CN(C)S(=O)(=O)c1ccc(C(=O)OCC(=O)Nc2ccc([N+](=O)[O-])cc2Br)cc1. The van der Waals surface area contributed by atoms with E-state index >= 15 is 0 Å². The fraction of sp³-hybridized carbons (Fsp3) is 0.176. The van der Waals surface area contributed by atoms with Crippen LogP contribution in [-0.4, -0.2) is 50.2 Å². The predicted octanol–water partition coefficient (Wildman–Crippen LogP) is 2.40. The molecule has 0 atom stereocenters. The van der Waals surface area contributed by atoms with Crippen molar-refractivity contribution < 1.29 is 27.7 Å². The van der Waals surface area contributed by atoms with Gasteiger partial charge < -0.3 is 10.1 Å². The van der Waals surface area contributed by atoms with E-state index in [4.69, 9.17) is 4.74 Å². The predicted molar refractivity (Wildman–Crippen MR) is 107 cm³/mol. The van der Waals surface area contributed by atoms with Crippen LogP contribution in [0.2, 0.25) is 0 Å². The van der Waals surface area contributed by atoms with Crippen LogP contribution < -0.4 is 5.32 Å². The first-order valence-corrected chi connectivity index (χ1v) is 10.2. The number of anilines is 1. The standard InChI is InChI=1S/C17H16BrN3O7S/c1-20(2)29(26,27)13-6-3-11(4-7-13)17(23)28-10-16(22)19-15-8-5-12(21(24)25)9-14(15)18/h3-9H,10H2,1-2H3,(H,19,22). The minimum atomic E-state index is -3.62. The summed E-state index contributed by atoms with van der Waals surface area (Å²) in [5.41, 5.74) is 0.197. The molecule has 154 valence electrons. The number of rotatable bonds is 7. The average molecular weight is 486 g/mol. The number of nitro groups is 1. The molecule has 0 unspecified atom stereocenters. The lowest BCUT2D eigenvalue weighted by molar-refractivity contribution is -0.384. The Balaban J connectivity index is 1.97. The van der Waals surface area contributed by atoms with E-state index in [9.17, 15) is 28.1 Å². The number of esters is 1. The highest BCUT2D eigenvalue weighted by Crippen LogP contribution is 2.27. The highest BCUT2D eigenvalue weighted by atomic mass is 79.9. The summed E-state index contributed by atoms with van der Waals surface area (Å²) in [5, 5.41) is 13.2. The summed E-state index contributed by atoms with van der Waals surface area (Å²) in [5.74, 6) is -1.46. The van der Waals surface area contributed by atoms with Gasteiger partial charge in [-0.05, 0) is 46.3 Å². The van der Waals surface area contributed by atoms with Gasteiger partial charge in [0.25, 0.3) is 11.6 Å². The Bertz CT molecular complexity index is 1050. The van der Waals surface area contributed by atoms with Gasteiger partial charge in [0.05, 0.1) is 21.1 Å². The molecule has 0 saturated carbocycles. The van der Waals surface area contributed by atoms with Gasteiger partial charge >= 0.3 is 5.97 Å². The number of nitrogens with zero attached hydrogens (tertiary/aromatic N) is 2. The van der Waals surface area contributed by atoms with Crippen molar-refractivity contribution >= 4 is 49.2 Å². The largest absolute Gasteiger partial charge is 0.452 e. The molecule has 0 heterocycles. The minimum absolute atomic E-state index is 0.0137. The molecule has 29 heavy (non-hydrogen) atoms. The van der Waals surface area contributed by atoms with E-state index in [1.807, 2.05) is 0 Å². The molecule has 1 N–H and O–H groups in total. The van der Waals surface area contributed by atoms with Crippen molar-refractivity contribution in [2.45, 2.75) is 4.90 Å². The highest BCUT2D eigenvalue weighted by Gasteiger charge is 2.18. The quantitative estimate of drug-likeness (QED) is 0.361. The molecule has 0 spiro atoms. The van der Waals surface area contributed by atoms with Crippen LogP contribution >= 0.6 is 15.9 Å². The number of non-ortho nitro benzene ring substituents is 1. The molecule has 12 heteroatoms. The summed E-state index contributed by atoms with van der Waals surface area (Å²) >= 11 is 3.11. The Hall–Kier alpha value is -2.83. The smallest absolute Gasteiger partial charge is 0.338 e. The molecule has 1 amide bonds. The number of carbonyl (C=O) groups is 2. The van der Waals surface area contributed by atoms with Crippen LogP contribution in [0.25, 0.3) is 0 Å². The van der Waals surface area contributed by atoms with E-state index in [2.05, 4.69) is 21.2 Å². The van der Waals surface area contributed by atoms with Crippen LogP contribution in [-0.2, 0) is 19.6 Å². The number of carbonyl (C=O) groups excluding carboxylic acids is 2. The molecule has 2 aromatic carbocycles. The van der Waals surface area contributed by atoms with Gasteiger partial charge in [-0.3, -0.25) is 14.9 Å². The Kier molecular flexibility index (Phi) is 7.06. The molecule has 2 rings (SSSR count). The normalized spacial score (nSPS) is 11.2. The summed E-state index contributed by atoms with van der Waals surface area (Å²) in [4.78, 5) is 34.1. The van der Waals surface area contributed by atoms with Crippen LogP contribution in [0.5, 0.6) is 0 Å². The number of benzene rings is 2. The zero-order valence-electron chi connectivity index (χ0n) is 15.3. The molecule has 10 nitrogen and oxygen atoms in total. The van der Waals surface area contributed by atoms with E-state index in [1.54, 1.807) is 0 Å². The minimum Gasteiger partial charge on any atom is -0.452 e. The lowest BCUT2D eigenvalue weighted by atomic mass is 10.2. The van der Waals surface area contributed by atoms with Crippen molar-refractivity contribution in [2.75, 3.05) is 26.0 Å². The van der Waals surface area contributed by atoms with Crippen molar-refractivity contribution in [1.82, 2.24) is 4.31 Å². The Labute approximate surface area is 174 Å². The second-order valence-corrected chi connectivity index (χ2v) is 8.86. The van der Waals surface area contributed by atoms with Crippen LogP contribution in [0, 0.1) is 10.1 Å². The number of sulfonamides is 1. The van der Waals surface area contributed by atoms with E-state index in [0.717, 1.165) is 4.31 Å². The first-order valence-electron chi connectivity index (χ1n) is 7.96. The number of halogens is 1. The van der Waals surface area contributed by atoms with Gasteiger partial charge in [0, 0.05) is 30.7 Å². The summed E-state index contributed by atoms with van der Waals surface area (Å²) in [7, 11) is -0.845. The highest BCUT2D eigenvalue weighted by molar-refractivity contribution is 9.10. The number of nitro benzene ring substituents is 1. The monoisotopic (exact) mass is 485 g/mol. The third-order valence-corrected chi connectivity index (χ3v) is 6.13. The number of nitrogens with one attached hydrogen (secondary N) is 1. The Morgan fingerprint density at radius 2 is 1.79 bits per heavy atom. The fourth-order valence-electron chi connectivity index (χ4n) is 2.09. The molecule has 0 fully saturated rings. The van der Waals surface area contributed by atoms with Crippen LogP contribution in [0.3, 0.4) is 0 Å². The van der Waals surface area contributed by atoms with Gasteiger partial charge in [-0.1, -0.05) is 0 Å². The Morgan fingerprint density at radius 1 is 1.17 bits per heavy atom. The summed E-state index contributed by atoms with van der Waals surface area (Å²) in [6.45, 7) is -0.597. The van der Waals surface area contributed by atoms with E-state index in [1.165, 1.54) is 56.6 Å². The van der Waals surface area contributed by atoms with E-state index in [0.29, 0.717) is 4.47 Å². The van der Waals surface area contributed by atoms with Gasteiger partial charge in [-0.2, -0.15) is 0 Å². The maximum atomic E-state index is 12.0. The molecule has 0 aliphatic rings. The first-order chi connectivity index (χ1) is 13.5. The van der Waals surface area contributed by atoms with Crippen LogP contribution in [0.15, 0.2) is 51.8 Å². The van der Waals surface area contributed by atoms with Crippen molar-refractivity contribution in [3.8, 4) is 0 Å². The first kappa shape index (κ1) is 22.5. The zero-order chi connectivity index (χ0) is 21.8. The number of hydrogen-bond donors (Lipinski definition) is 1. The van der Waals surface area contributed by atoms with E-state index < -0.39 is 33.4 Å². The molecular weight excluding hydrogens is 470 g/mol. The van der Waals surface area contributed by atoms with Gasteiger partial charge in [0.2, 0.25) is 10.0 Å². The van der Waals surface area contributed by atoms with Crippen molar-refractivity contribution in [3.63, 3.8) is 0 Å². The van der Waals surface area contributed by atoms with Gasteiger partial charge in [-0.15, -0.1) is 0 Å². The molecule has 0 aliphatic heterocycles. The van der Waals surface area contributed by atoms with Crippen molar-refractivity contribution in [1.29, 1.82) is 0 Å². The van der Waals surface area contributed by atoms with Gasteiger partial charge in [-0.25, -0.2) is 17.5 Å². The molecule has 0 bridgehead atoms. The molecule has 0 aliphatic carbocycles. The van der Waals surface area contributed by atoms with Gasteiger partial charge in [0.15, 0.2) is 6.61 Å². The number of ether oxygens (including phenoxy) is 1. The van der Waals surface area contributed by atoms with Crippen LogP contribution in [0.1, 0.15) is 10.4 Å². The average Bonchev–Trinajstić information content (AvgIpc) is 2.67. The molecule has 2 aromatic rings. The van der Waals surface area contributed by atoms with Crippen molar-refractivity contribution in [2.24, 2.45) is 0 Å². The second kappa shape index (κ2) is 9.11. The topological polar surface area (TPSA) is 136 Å². The lowest BCUT2D eigenvalue weighted by Gasteiger charge is -2.11. The third kappa shape index (κ3) is 5.59. The number of amides is 1. The molecule has 0 radical (unpaired) electrons. The third-order valence-electron chi connectivity index (χ3n) is 3.64. The maximum absolute atomic E-state index is 12.0. The summed E-state index contributed by atoms with van der Waals surface area (Å²) < 4.78 is 30.2. The Morgan fingerprint density at radius 3 is 2.31 bits per heavy atom. The van der Waals surface area contributed by atoms with Crippen LogP contribution in [0.4, 0.5) is 11.4 Å². The molecule has 0 aromatic heterocycles. The zero-order valence-corrected chi connectivity index (χ0v) is 17.7. The van der Waals surface area contributed by atoms with Gasteiger partial charge in [0.1, 0.15) is 0 Å². The number of hydrogen-bond acceptors (Lipinski definition) is 7.